The zero-order chi connectivity index (χ0) is 21.0. The second-order valence-corrected chi connectivity index (χ2v) is 9.85. The number of nitrogens with zero attached hydrogens (tertiary/aromatic N) is 1. The van der Waals surface area contributed by atoms with Crippen LogP contribution in [0.2, 0.25) is 0 Å². The first kappa shape index (κ1) is 20.3. The van der Waals surface area contributed by atoms with Crippen LogP contribution in [0.3, 0.4) is 0 Å². The molecule has 0 bridgehead atoms. The summed E-state index contributed by atoms with van der Waals surface area (Å²) in [6.45, 7) is 0.274. The van der Waals surface area contributed by atoms with Gasteiger partial charge in [-0.2, -0.15) is 0 Å². The third-order valence-corrected chi connectivity index (χ3v) is 7.42. The third-order valence-electron chi connectivity index (χ3n) is 4.71. The maximum atomic E-state index is 12.9. The molecule has 0 spiro atoms. The number of sulfone groups is 1. The van der Waals surface area contributed by atoms with E-state index in [1.54, 1.807) is 47.7 Å². The summed E-state index contributed by atoms with van der Waals surface area (Å²) in [7, 11) is -3.35. The zero-order valence-corrected chi connectivity index (χ0v) is 17.7. The van der Waals surface area contributed by atoms with E-state index in [-0.39, 0.29) is 18.2 Å². The molecule has 30 heavy (non-hydrogen) atoms. The summed E-state index contributed by atoms with van der Waals surface area (Å²) in [5.74, 6) is -0.252. The Morgan fingerprint density at radius 1 is 0.967 bits per heavy atom. The van der Waals surface area contributed by atoms with Crippen molar-refractivity contribution in [3.8, 4) is 10.6 Å². The number of amides is 1. The Morgan fingerprint density at radius 2 is 1.73 bits per heavy atom. The van der Waals surface area contributed by atoms with Crippen LogP contribution >= 0.6 is 11.3 Å². The van der Waals surface area contributed by atoms with Gasteiger partial charge in [0.25, 0.3) is 5.91 Å². The number of fused-ring (bicyclic) bond motifs is 1. The van der Waals surface area contributed by atoms with Gasteiger partial charge in [0.1, 0.15) is 0 Å². The molecule has 1 N–H and O–H groups in total. The van der Waals surface area contributed by atoms with Gasteiger partial charge >= 0.3 is 0 Å². The number of hydrogen-bond acceptors (Lipinski definition) is 5. The Balaban J connectivity index is 1.48. The van der Waals surface area contributed by atoms with Gasteiger partial charge in [-0.1, -0.05) is 42.5 Å². The molecule has 152 valence electrons. The molecule has 4 aromatic rings. The number of benzene rings is 2. The summed E-state index contributed by atoms with van der Waals surface area (Å²) in [4.78, 5) is 18.9. The van der Waals surface area contributed by atoms with Crippen LogP contribution in [-0.2, 0) is 9.84 Å². The normalized spacial score (nSPS) is 11.5. The minimum Gasteiger partial charge on any atom is -0.352 e. The Bertz CT molecular complexity index is 1270. The molecule has 2 aromatic heterocycles. The van der Waals surface area contributed by atoms with Crippen molar-refractivity contribution in [1.82, 2.24) is 10.3 Å². The molecule has 0 radical (unpaired) electrons. The minimum atomic E-state index is -3.35. The molecule has 0 aliphatic carbocycles. The SMILES string of the molecule is O=C(NCCCS(=O)(=O)c1ccccc1)c1cc(-c2cccs2)nc2ccccc12. The van der Waals surface area contributed by atoms with E-state index >= 15 is 0 Å². The summed E-state index contributed by atoms with van der Waals surface area (Å²) in [6.07, 6.45) is 0.337. The van der Waals surface area contributed by atoms with E-state index in [0.717, 1.165) is 21.5 Å². The van der Waals surface area contributed by atoms with Crippen molar-refractivity contribution >= 4 is 38.0 Å². The molecule has 2 heterocycles. The molecule has 5 nitrogen and oxygen atoms in total. The average molecular weight is 437 g/mol. The zero-order valence-electron chi connectivity index (χ0n) is 16.1. The van der Waals surface area contributed by atoms with E-state index in [1.807, 2.05) is 41.8 Å². The number of thiophene rings is 1. The largest absolute Gasteiger partial charge is 0.352 e. The molecule has 0 aliphatic rings. The first-order valence-corrected chi connectivity index (χ1v) is 12.1. The lowest BCUT2D eigenvalue weighted by Crippen LogP contribution is -2.26. The first-order chi connectivity index (χ1) is 14.5. The second kappa shape index (κ2) is 8.77. The van der Waals surface area contributed by atoms with Gasteiger partial charge < -0.3 is 5.32 Å². The molecule has 0 atom stereocenters. The molecule has 0 fully saturated rings. The smallest absolute Gasteiger partial charge is 0.252 e. The number of rotatable bonds is 7. The summed E-state index contributed by atoms with van der Waals surface area (Å²) in [5, 5.41) is 5.60. The van der Waals surface area contributed by atoms with Crippen LogP contribution in [0.15, 0.2) is 83.1 Å². The van der Waals surface area contributed by atoms with E-state index in [0.29, 0.717) is 16.9 Å². The first-order valence-electron chi connectivity index (χ1n) is 9.54. The van der Waals surface area contributed by atoms with Gasteiger partial charge in [-0.3, -0.25) is 4.79 Å². The average Bonchev–Trinajstić information content (AvgIpc) is 3.31. The highest BCUT2D eigenvalue weighted by molar-refractivity contribution is 7.91. The number of carbonyl (C=O) groups excluding carboxylic acids is 1. The van der Waals surface area contributed by atoms with E-state index < -0.39 is 9.84 Å². The van der Waals surface area contributed by atoms with Crippen LogP contribution in [-0.4, -0.2) is 31.6 Å². The quantitative estimate of drug-likeness (QED) is 0.431. The lowest BCUT2D eigenvalue weighted by Gasteiger charge is -2.10. The van der Waals surface area contributed by atoms with Gasteiger partial charge in [0.2, 0.25) is 0 Å². The number of hydrogen-bond donors (Lipinski definition) is 1. The van der Waals surface area contributed by atoms with E-state index in [2.05, 4.69) is 10.3 Å². The minimum absolute atomic E-state index is 0.0190. The summed E-state index contributed by atoms with van der Waals surface area (Å²) < 4.78 is 24.8. The molecule has 1 amide bonds. The predicted octanol–water partition coefficient (Wildman–Crippen LogP) is 4.56. The van der Waals surface area contributed by atoms with Crippen molar-refractivity contribution in [1.29, 1.82) is 0 Å². The van der Waals surface area contributed by atoms with E-state index in [4.69, 9.17) is 0 Å². The van der Waals surface area contributed by atoms with Crippen molar-refractivity contribution in [2.75, 3.05) is 12.3 Å². The molecular weight excluding hydrogens is 416 g/mol. The number of pyridine rings is 1. The molecule has 0 unspecified atom stereocenters. The maximum Gasteiger partial charge on any atom is 0.252 e. The highest BCUT2D eigenvalue weighted by Gasteiger charge is 2.16. The summed E-state index contributed by atoms with van der Waals surface area (Å²) in [5.41, 5.74) is 2.04. The number of aromatic nitrogens is 1. The Labute approximate surface area is 179 Å². The monoisotopic (exact) mass is 436 g/mol. The standard InChI is InChI=1S/C23H20N2O3S2/c26-23(24-13-7-15-30(27,28)17-8-2-1-3-9-17)19-16-21(22-12-6-14-29-22)25-20-11-5-4-10-18(19)20/h1-6,8-12,14,16H,7,13,15H2,(H,24,26). The lowest BCUT2D eigenvalue weighted by molar-refractivity contribution is 0.0955. The Morgan fingerprint density at radius 3 is 2.50 bits per heavy atom. The Hall–Kier alpha value is -3.03. The van der Waals surface area contributed by atoms with Crippen LogP contribution in [0.5, 0.6) is 0 Å². The fourth-order valence-corrected chi connectivity index (χ4v) is 5.24. The van der Waals surface area contributed by atoms with Gasteiger partial charge in [0, 0.05) is 11.9 Å². The molecule has 0 aliphatic heterocycles. The van der Waals surface area contributed by atoms with Crippen molar-refractivity contribution < 1.29 is 13.2 Å². The lowest BCUT2D eigenvalue weighted by atomic mass is 10.1. The Kier molecular flexibility index (Phi) is 5.92. The van der Waals surface area contributed by atoms with Crippen LogP contribution in [0, 0.1) is 0 Å². The van der Waals surface area contributed by atoms with Crippen molar-refractivity contribution in [2.45, 2.75) is 11.3 Å². The van der Waals surface area contributed by atoms with Crippen LogP contribution < -0.4 is 5.32 Å². The molecule has 0 saturated carbocycles. The second-order valence-electron chi connectivity index (χ2n) is 6.79. The van der Waals surface area contributed by atoms with Crippen molar-refractivity contribution in [3.05, 3.63) is 83.7 Å². The fraction of sp³-hybridized carbons (Fsp3) is 0.130. The van der Waals surface area contributed by atoms with Crippen molar-refractivity contribution in [2.24, 2.45) is 0 Å². The molecule has 7 heteroatoms. The summed E-state index contributed by atoms with van der Waals surface area (Å²) >= 11 is 1.57. The van der Waals surface area contributed by atoms with Gasteiger partial charge in [-0.15, -0.1) is 11.3 Å². The van der Waals surface area contributed by atoms with E-state index in [9.17, 15) is 13.2 Å². The van der Waals surface area contributed by atoms with E-state index in [1.165, 1.54) is 0 Å². The van der Waals surface area contributed by atoms with Crippen LogP contribution in [0.1, 0.15) is 16.8 Å². The molecule has 2 aromatic carbocycles. The predicted molar refractivity (Wildman–Crippen MR) is 121 cm³/mol. The van der Waals surface area contributed by atoms with Crippen LogP contribution in [0.25, 0.3) is 21.5 Å². The number of carbonyl (C=O) groups is 1. The highest BCUT2D eigenvalue weighted by Crippen LogP contribution is 2.27. The fourth-order valence-electron chi connectivity index (χ4n) is 3.22. The van der Waals surface area contributed by atoms with Crippen LogP contribution in [0.4, 0.5) is 0 Å². The highest BCUT2D eigenvalue weighted by atomic mass is 32.2. The van der Waals surface area contributed by atoms with Gasteiger partial charge in [-0.25, -0.2) is 13.4 Å². The molecular formula is C23H20N2O3S2. The van der Waals surface area contributed by atoms with Gasteiger partial charge in [-0.05, 0) is 42.1 Å². The molecule has 0 saturated heterocycles. The maximum absolute atomic E-state index is 12.9. The third kappa shape index (κ3) is 4.42. The number of para-hydroxylation sites is 1. The van der Waals surface area contributed by atoms with Crippen molar-refractivity contribution in [3.63, 3.8) is 0 Å². The summed E-state index contributed by atoms with van der Waals surface area (Å²) in [6, 6.07) is 21.6. The molecule has 4 rings (SSSR count). The number of nitrogens with one attached hydrogen (secondary N) is 1. The topological polar surface area (TPSA) is 76.1 Å². The van der Waals surface area contributed by atoms with Gasteiger partial charge in [0.05, 0.1) is 32.3 Å². The van der Waals surface area contributed by atoms with Gasteiger partial charge in [0.15, 0.2) is 9.84 Å².